The molecule has 0 spiro atoms. The highest BCUT2D eigenvalue weighted by Crippen LogP contribution is 2.29. The summed E-state index contributed by atoms with van der Waals surface area (Å²) in [5.41, 5.74) is 3.46. The second-order valence-electron chi connectivity index (χ2n) is 4.67. The first-order valence-corrected chi connectivity index (χ1v) is 7.83. The Morgan fingerprint density at radius 3 is 2.55 bits per heavy atom. The first-order valence-electron chi connectivity index (χ1n) is 7.03. The Morgan fingerprint density at radius 2 is 1.90 bits per heavy atom. The predicted molar refractivity (Wildman–Crippen MR) is 88.1 cm³/mol. The smallest absolute Gasteiger partial charge is 0.162 e. The minimum atomic E-state index is 0.804. The Hall–Kier alpha value is -1.42. The maximum absolute atomic E-state index is 4.75. The van der Waals surface area contributed by atoms with E-state index in [-0.39, 0.29) is 0 Å². The van der Waals surface area contributed by atoms with Crippen LogP contribution in [0.25, 0.3) is 11.4 Å². The van der Waals surface area contributed by atoms with Gasteiger partial charge in [0.1, 0.15) is 5.82 Å². The molecule has 2 rings (SSSR count). The molecule has 0 unspecified atom stereocenters. The molecule has 0 amide bonds. The van der Waals surface area contributed by atoms with Crippen molar-refractivity contribution < 1.29 is 0 Å². The average molecular weight is 334 g/mol. The molecular weight excluding hydrogens is 314 g/mol. The van der Waals surface area contributed by atoms with Crippen LogP contribution in [0.2, 0.25) is 0 Å². The van der Waals surface area contributed by atoms with Crippen LogP contribution >= 0.6 is 15.9 Å². The lowest BCUT2D eigenvalue weighted by molar-refractivity contribution is 0.868. The van der Waals surface area contributed by atoms with Crippen LogP contribution in [0.1, 0.15) is 31.5 Å². The van der Waals surface area contributed by atoms with Gasteiger partial charge in [0, 0.05) is 12.6 Å². The molecule has 1 aromatic carbocycles. The minimum Gasteiger partial charge on any atom is -0.372 e. The number of nitrogens with zero attached hydrogens (tertiary/aromatic N) is 2. The van der Waals surface area contributed by atoms with Gasteiger partial charge in [-0.25, -0.2) is 9.97 Å². The van der Waals surface area contributed by atoms with Crippen molar-refractivity contribution in [2.24, 2.45) is 0 Å². The molecule has 0 radical (unpaired) electrons. The standard InChI is InChI=1S/C16H20BrN3/c1-4-8-13-14(17)16(18-3)20-15(19-13)12-10-7-6-9-11(12)5-2/h6-7,9-10H,4-5,8H2,1-3H3,(H,18,19,20). The molecule has 0 fully saturated rings. The first-order chi connectivity index (χ1) is 9.71. The van der Waals surface area contributed by atoms with E-state index in [4.69, 9.17) is 4.98 Å². The summed E-state index contributed by atoms with van der Waals surface area (Å²) in [6, 6.07) is 8.34. The van der Waals surface area contributed by atoms with E-state index in [2.05, 4.69) is 58.3 Å². The lowest BCUT2D eigenvalue weighted by Crippen LogP contribution is -2.04. The van der Waals surface area contributed by atoms with E-state index < -0.39 is 0 Å². The summed E-state index contributed by atoms with van der Waals surface area (Å²) in [5, 5.41) is 3.14. The number of aryl methyl sites for hydroxylation is 2. The Balaban J connectivity index is 2.59. The number of hydrogen-bond acceptors (Lipinski definition) is 3. The Morgan fingerprint density at radius 1 is 1.15 bits per heavy atom. The molecule has 0 saturated carbocycles. The maximum Gasteiger partial charge on any atom is 0.162 e. The number of anilines is 1. The fraction of sp³-hybridized carbons (Fsp3) is 0.375. The molecule has 4 heteroatoms. The molecule has 20 heavy (non-hydrogen) atoms. The number of halogens is 1. The summed E-state index contributed by atoms with van der Waals surface area (Å²) in [6.07, 6.45) is 2.99. The first kappa shape index (κ1) is 15.0. The van der Waals surface area contributed by atoms with E-state index >= 15 is 0 Å². The van der Waals surface area contributed by atoms with Crippen LogP contribution in [0.4, 0.5) is 5.82 Å². The van der Waals surface area contributed by atoms with E-state index in [0.717, 1.165) is 46.6 Å². The number of benzene rings is 1. The molecule has 0 saturated heterocycles. The highest BCUT2D eigenvalue weighted by Gasteiger charge is 2.13. The molecule has 0 aliphatic carbocycles. The summed E-state index contributed by atoms with van der Waals surface area (Å²) < 4.78 is 0.972. The van der Waals surface area contributed by atoms with E-state index in [0.29, 0.717) is 0 Å². The van der Waals surface area contributed by atoms with Gasteiger partial charge in [0.15, 0.2) is 5.82 Å². The van der Waals surface area contributed by atoms with Gasteiger partial charge in [-0.2, -0.15) is 0 Å². The van der Waals surface area contributed by atoms with Crippen LogP contribution in [0.5, 0.6) is 0 Å². The van der Waals surface area contributed by atoms with Crippen molar-refractivity contribution in [2.45, 2.75) is 33.1 Å². The molecule has 1 heterocycles. The van der Waals surface area contributed by atoms with Gasteiger partial charge in [-0.05, 0) is 34.3 Å². The van der Waals surface area contributed by atoms with Gasteiger partial charge in [-0.15, -0.1) is 0 Å². The highest BCUT2D eigenvalue weighted by molar-refractivity contribution is 9.10. The second kappa shape index (κ2) is 6.84. The topological polar surface area (TPSA) is 37.8 Å². The third kappa shape index (κ3) is 3.01. The number of rotatable bonds is 5. The van der Waals surface area contributed by atoms with Crippen LogP contribution in [-0.2, 0) is 12.8 Å². The predicted octanol–water partition coefficient (Wildman–Crippen LogP) is 4.46. The Labute approximate surface area is 129 Å². The van der Waals surface area contributed by atoms with Crippen molar-refractivity contribution in [3.05, 3.63) is 40.0 Å². The van der Waals surface area contributed by atoms with Crippen molar-refractivity contribution in [1.29, 1.82) is 0 Å². The molecular formula is C16H20BrN3. The van der Waals surface area contributed by atoms with Crippen molar-refractivity contribution in [3.8, 4) is 11.4 Å². The Bertz CT molecular complexity index is 596. The summed E-state index contributed by atoms with van der Waals surface area (Å²) >= 11 is 3.60. The Kier molecular flexibility index (Phi) is 5.12. The third-order valence-electron chi connectivity index (χ3n) is 3.28. The fourth-order valence-corrected chi connectivity index (χ4v) is 2.80. The fourth-order valence-electron chi connectivity index (χ4n) is 2.23. The van der Waals surface area contributed by atoms with Gasteiger partial charge in [0.25, 0.3) is 0 Å². The molecule has 1 aromatic heterocycles. The van der Waals surface area contributed by atoms with Crippen molar-refractivity contribution in [3.63, 3.8) is 0 Å². The minimum absolute atomic E-state index is 0.804. The van der Waals surface area contributed by atoms with Gasteiger partial charge in [0.05, 0.1) is 10.2 Å². The molecule has 1 N–H and O–H groups in total. The molecule has 3 nitrogen and oxygen atoms in total. The molecule has 0 aliphatic rings. The van der Waals surface area contributed by atoms with Gasteiger partial charge in [-0.3, -0.25) is 0 Å². The normalized spacial score (nSPS) is 10.6. The summed E-state index contributed by atoms with van der Waals surface area (Å²) in [6.45, 7) is 4.32. The summed E-state index contributed by atoms with van der Waals surface area (Å²) in [7, 11) is 1.89. The van der Waals surface area contributed by atoms with Gasteiger partial charge >= 0.3 is 0 Å². The van der Waals surface area contributed by atoms with Gasteiger partial charge in [-0.1, -0.05) is 44.5 Å². The van der Waals surface area contributed by atoms with E-state index in [9.17, 15) is 0 Å². The molecule has 0 aliphatic heterocycles. The maximum atomic E-state index is 4.75. The third-order valence-corrected chi connectivity index (χ3v) is 4.12. The van der Waals surface area contributed by atoms with E-state index in [1.165, 1.54) is 5.56 Å². The van der Waals surface area contributed by atoms with Crippen LogP contribution in [0, 0.1) is 0 Å². The van der Waals surface area contributed by atoms with Crippen molar-refractivity contribution in [2.75, 3.05) is 12.4 Å². The summed E-state index contributed by atoms with van der Waals surface area (Å²) in [4.78, 5) is 9.39. The second-order valence-corrected chi connectivity index (χ2v) is 5.46. The van der Waals surface area contributed by atoms with Crippen LogP contribution in [-0.4, -0.2) is 17.0 Å². The van der Waals surface area contributed by atoms with E-state index in [1.54, 1.807) is 0 Å². The zero-order valence-corrected chi connectivity index (χ0v) is 13.8. The lowest BCUT2D eigenvalue weighted by atomic mass is 10.0. The lowest BCUT2D eigenvalue weighted by Gasteiger charge is -2.12. The zero-order chi connectivity index (χ0) is 14.5. The van der Waals surface area contributed by atoms with Crippen LogP contribution in [0.3, 0.4) is 0 Å². The quantitative estimate of drug-likeness (QED) is 0.877. The molecule has 106 valence electrons. The molecule has 0 atom stereocenters. The average Bonchev–Trinajstić information content (AvgIpc) is 2.49. The van der Waals surface area contributed by atoms with Crippen LogP contribution in [0.15, 0.2) is 28.7 Å². The molecule has 2 aromatic rings. The monoisotopic (exact) mass is 333 g/mol. The molecule has 0 bridgehead atoms. The van der Waals surface area contributed by atoms with Crippen LogP contribution < -0.4 is 5.32 Å². The zero-order valence-electron chi connectivity index (χ0n) is 12.2. The van der Waals surface area contributed by atoms with Crippen molar-refractivity contribution >= 4 is 21.7 Å². The summed E-state index contributed by atoms with van der Waals surface area (Å²) in [5.74, 6) is 1.66. The number of nitrogens with one attached hydrogen (secondary N) is 1. The van der Waals surface area contributed by atoms with Gasteiger partial charge in [0.2, 0.25) is 0 Å². The van der Waals surface area contributed by atoms with Gasteiger partial charge < -0.3 is 5.32 Å². The SMILES string of the molecule is CCCc1nc(-c2ccccc2CC)nc(NC)c1Br. The van der Waals surface area contributed by atoms with Crippen molar-refractivity contribution in [1.82, 2.24) is 9.97 Å². The highest BCUT2D eigenvalue weighted by atomic mass is 79.9. The number of aromatic nitrogens is 2. The number of hydrogen-bond donors (Lipinski definition) is 1. The largest absolute Gasteiger partial charge is 0.372 e. The van der Waals surface area contributed by atoms with E-state index in [1.807, 2.05) is 13.1 Å².